The fourth-order valence-electron chi connectivity index (χ4n) is 2.12. The summed E-state index contributed by atoms with van der Waals surface area (Å²) < 4.78 is 0. The molecule has 2 aromatic carbocycles. The highest BCUT2D eigenvalue weighted by atomic mass is 16.2. The highest BCUT2D eigenvalue weighted by Crippen LogP contribution is 2.28. The molecule has 0 radical (unpaired) electrons. The van der Waals surface area contributed by atoms with E-state index in [1.165, 1.54) is 0 Å². The van der Waals surface area contributed by atoms with Gasteiger partial charge in [-0.05, 0) is 16.3 Å². The van der Waals surface area contributed by atoms with Crippen LogP contribution in [0.5, 0.6) is 0 Å². The van der Waals surface area contributed by atoms with Crippen LogP contribution in [0.15, 0.2) is 47.5 Å². The smallest absolute Gasteiger partial charge is 0.256 e. The minimum absolute atomic E-state index is 0.168. The summed E-state index contributed by atoms with van der Waals surface area (Å²) in [5, 5.41) is 4.65. The van der Waals surface area contributed by atoms with Gasteiger partial charge in [0.2, 0.25) is 0 Å². The Hall–Kier alpha value is -2.36. The average Bonchev–Trinajstić information content (AvgIpc) is 2.68. The number of benzene rings is 2. The molecule has 0 aliphatic carbocycles. The molecule has 3 N–H and O–H groups in total. The Morgan fingerprint density at radius 1 is 1.12 bits per heavy atom. The Bertz CT molecular complexity index is 628. The highest BCUT2D eigenvalue weighted by molar-refractivity contribution is 6.06. The van der Waals surface area contributed by atoms with Crippen LogP contribution in [0.3, 0.4) is 0 Å². The molecule has 1 heterocycles. The molecule has 84 valence electrons. The van der Waals surface area contributed by atoms with E-state index >= 15 is 0 Å². The molecule has 1 atom stereocenters. The second-order valence-electron chi connectivity index (χ2n) is 3.97. The zero-order chi connectivity index (χ0) is 11.8. The van der Waals surface area contributed by atoms with Gasteiger partial charge in [-0.15, -0.1) is 0 Å². The molecule has 1 aliphatic heterocycles. The quantitative estimate of drug-likeness (QED) is 0.768. The largest absolute Gasteiger partial charge is 0.370 e. The van der Waals surface area contributed by atoms with E-state index in [-0.39, 0.29) is 11.9 Å². The van der Waals surface area contributed by atoms with Crippen molar-refractivity contribution in [2.24, 2.45) is 10.7 Å². The molecule has 2 aromatic rings. The highest BCUT2D eigenvalue weighted by Gasteiger charge is 2.27. The van der Waals surface area contributed by atoms with Crippen molar-refractivity contribution >= 4 is 22.6 Å². The lowest BCUT2D eigenvalue weighted by molar-refractivity contribution is -0.120. The third kappa shape index (κ3) is 1.54. The van der Waals surface area contributed by atoms with Crippen LogP contribution in [0.25, 0.3) is 10.8 Å². The topological polar surface area (TPSA) is 67.5 Å². The summed E-state index contributed by atoms with van der Waals surface area (Å²) in [6.07, 6.45) is 0. The predicted molar refractivity (Wildman–Crippen MR) is 66.5 cm³/mol. The zero-order valence-electron chi connectivity index (χ0n) is 9.05. The summed E-state index contributed by atoms with van der Waals surface area (Å²) in [5.74, 6) is 0.0202. The second kappa shape index (κ2) is 3.59. The third-order valence-electron chi connectivity index (χ3n) is 2.89. The number of nitrogens with two attached hydrogens (primary N) is 1. The molecule has 0 aromatic heterocycles. The Morgan fingerprint density at radius 2 is 1.88 bits per heavy atom. The van der Waals surface area contributed by atoms with E-state index in [4.69, 9.17) is 5.73 Å². The van der Waals surface area contributed by atoms with Crippen molar-refractivity contribution in [2.75, 3.05) is 0 Å². The molecule has 0 saturated carbocycles. The number of fused-ring (bicyclic) bond motifs is 1. The number of nitrogens with one attached hydrogen (secondary N) is 1. The minimum atomic E-state index is -0.527. The van der Waals surface area contributed by atoms with Crippen LogP contribution in [0.1, 0.15) is 11.6 Å². The summed E-state index contributed by atoms with van der Waals surface area (Å²) in [6.45, 7) is 0. The van der Waals surface area contributed by atoms with Crippen molar-refractivity contribution in [3.63, 3.8) is 0 Å². The van der Waals surface area contributed by atoms with Crippen molar-refractivity contribution in [1.82, 2.24) is 5.32 Å². The lowest BCUT2D eigenvalue weighted by atomic mass is 9.99. The maximum atomic E-state index is 11.7. The summed E-state index contributed by atoms with van der Waals surface area (Å²) in [6, 6.07) is 13.2. The van der Waals surface area contributed by atoms with Gasteiger partial charge in [0.05, 0.1) is 0 Å². The molecule has 1 aliphatic rings. The van der Waals surface area contributed by atoms with Crippen LogP contribution in [0.4, 0.5) is 0 Å². The van der Waals surface area contributed by atoms with Crippen LogP contribution in [-0.2, 0) is 4.79 Å². The maximum absolute atomic E-state index is 11.7. The monoisotopic (exact) mass is 225 g/mol. The van der Waals surface area contributed by atoms with Gasteiger partial charge in [0.25, 0.3) is 5.91 Å². The van der Waals surface area contributed by atoms with Gasteiger partial charge in [-0.1, -0.05) is 42.5 Å². The van der Waals surface area contributed by atoms with E-state index in [9.17, 15) is 4.79 Å². The number of hydrogen-bond donors (Lipinski definition) is 2. The van der Waals surface area contributed by atoms with Gasteiger partial charge in [0.1, 0.15) is 0 Å². The fraction of sp³-hybridized carbons (Fsp3) is 0.0769. The number of nitrogens with zero attached hydrogens (tertiary/aromatic N) is 1. The van der Waals surface area contributed by atoms with Gasteiger partial charge in [0.15, 0.2) is 12.0 Å². The van der Waals surface area contributed by atoms with E-state index in [1.807, 2.05) is 42.5 Å². The Morgan fingerprint density at radius 3 is 2.65 bits per heavy atom. The second-order valence-corrected chi connectivity index (χ2v) is 3.97. The SMILES string of the molecule is NC1=NC(c2cccc3ccccc23)C(=O)N1. The van der Waals surface area contributed by atoms with E-state index in [0.717, 1.165) is 16.3 Å². The molecule has 0 bridgehead atoms. The van der Waals surface area contributed by atoms with Crippen molar-refractivity contribution in [3.05, 3.63) is 48.0 Å². The van der Waals surface area contributed by atoms with E-state index in [0.29, 0.717) is 0 Å². The number of aliphatic imine (C=N–C) groups is 1. The van der Waals surface area contributed by atoms with Crippen LogP contribution in [0.2, 0.25) is 0 Å². The number of guanidine groups is 1. The summed E-state index contributed by atoms with van der Waals surface area (Å²) >= 11 is 0. The molecule has 0 saturated heterocycles. The van der Waals surface area contributed by atoms with Crippen molar-refractivity contribution in [3.8, 4) is 0 Å². The van der Waals surface area contributed by atoms with E-state index in [1.54, 1.807) is 0 Å². The fourth-order valence-corrected chi connectivity index (χ4v) is 2.12. The van der Waals surface area contributed by atoms with Gasteiger partial charge in [-0.25, -0.2) is 4.99 Å². The van der Waals surface area contributed by atoms with Gasteiger partial charge in [-0.3, -0.25) is 10.1 Å². The zero-order valence-corrected chi connectivity index (χ0v) is 9.05. The minimum Gasteiger partial charge on any atom is -0.370 e. The normalized spacial score (nSPS) is 19.2. The summed E-state index contributed by atoms with van der Waals surface area (Å²) in [7, 11) is 0. The molecule has 17 heavy (non-hydrogen) atoms. The molecule has 1 unspecified atom stereocenters. The number of amides is 1. The van der Waals surface area contributed by atoms with Crippen molar-refractivity contribution < 1.29 is 4.79 Å². The molecular weight excluding hydrogens is 214 g/mol. The first kappa shape index (κ1) is 9.84. The number of carbonyl (C=O) groups is 1. The first-order chi connectivity index (χ1) is 8.25. The molecule has 0 spiro atoms. The van der Waals surface area contributed by atoms with Crippen LogP contribution in [-0.4, -0.2) is 11.9 Å². The lowest BCUT2D eigenvalue weighted by Crippen LogP contribution is -2.31. The Kier molecular flexibility index (Phi) is 2.08. The summed E-state index contributed by atoms with van der Waals surface area (Å²) in [4.78, 5) is 15.8. The molecule has 0 fully saturated rings. The molecule has 3 rings (SSSR count). The Balaban J connectivity index is 2.21. The third-order valence-corrected chi connectivity index (χ3v) is 2.89. The van der Waals surface area contributed by atoms with E-state index < -0.39 is 6.04 Å². The summed E-state index contributed by atoms with van der Waals surface area (Å²) in [5.41, 5.74) is 6.40. The lowest BCUT2D eigenvalue weighted by Gasteiger charge is -2.08. The van der Waals surface area contributed by atoms with E-state index in [2.05, 4.69) is 10.3 Å². The first-order valence-electron chi connectivity index (χ1n) is 5.37. The number of carbonyl (C=O) groups excluding carboxylic acids is 1. The van der Waals surface area contributed by atoms with Crippen LogP contribution in [0, 0.1) is 0 Å². The standard InChI is InChI=1S/C13H11N3O/c14-13-15-11(12(17)16-13)10-7-3-5-8-4-1-2-6-9(8)10/h1-7,11H,(H3,14,15,16,17). The molecule has 1 amide bonds. The van der Waals surface area contributed by atoms with Gasteiger partial charge in [0, 0.05) is 0 Å². The Labute approximate surface area is 98.1 Å². The van der Waals surface area contributed by atoms with Crippen molar-refractivity contribution in [1.29, 1.82) is 0 Å². The predicted octanol–water partition coefficient (Wildman–Crippen LogP) is 1.33. The maximum Gasteiger partial charge on any atom is 0.256 e. The van der Waals surface area contributed by atoms with Gasteiger partial charge < -0.3 is 5.73 Å². The van der Waals surface area contributed by atoms with Gasteiger partial charge >= 0.3 is 0 Å². The number of hydrogen-bond acceptors (Lipinski definition) is 3. The van der Waals surface area contributed by atoms with Crippen molar-refractivity contribution in [2.45, 2.75) is 6.04 Å². The van der Waals surface area contributed by atoms with Gasteiger partial charge in [-0.2, -0.15) is 0 Å². The molecular formula is C13H11N3O. The van der Waals surface area contributed by atoms with Crippen LogP contribution >= 0.6 is 0 Å². The van der Waals surface area contributed by atoms with Crippen LogP contribution < -0.4 is 11.1 Å². The molecule has 4 nitrogen and oxygen atoms in total. The first-order valence-corrected chi connectivity index (χ1v) is 5.37. The molecule has 4 heteroatoms. The number of rotatable bonds is 1. The average molecular weight is 225 g/mol.